The number of aryl methyl sites for hydroxylation is 1. The molecule has 20 heavy (non-hydrogen) atoms. The summed E-state index contributed by atoms with van der Waals surface area (Å²) in [5.74, 6) is 0. The number of aromatic nitrogens is 1. The van der Waals surface area contributed by atoms with Gasteiger partial charge >= 0.3 is 6.09 Å². The second kappa shape index (κ2) is 5.79. The molecule has 1 aliphatic heterocycles. The molecule has 0 unspecified atom stereocenters. The van der Waals surface area contributed by atoms with Gasteiger partial charge in [0.05, 0.1) is 5.69 Å². The second-order valence-electron chi connectivity index (χ2n) is 6.23. The molecule has 1 aromatic rings. The standard InChI is InChI=1S/C15H23N3O2/c1-11-6-5-7-16-13(11)8-17-12-9-18(10-12)14(19)20-15(2,3)4/h5-7,12,17H,8-10H2,1-4H3. The van der Waals surface area contributed by atoms with Crippen LogP contribution in [0.4, 0.5) is 4.79 Å². The largest absolute Gasteiger partial charge is 0.444 e. The molecule has 0 bridgehead atoms. The zero-order valence-electron chi connectivity index (χ0n) is 12.6. The van der Waals surface area contributed by atoms with Gasteiger partial charge in [0.1, 0.15) is 5.60 Å². The topological polar surface area (TPSA) is 54.5 Å². The van der Waals surface area contributed by atoms with Gasteiger partial charge < -0.3 is 15.0 Å². The first kappa shape index (κ1) is 14.8. The number of likely N-dealkylation sites (tertiary alicyclic amines) is 1. The predicted octanol–water partition coefficient (Wildman–Crippen LogP) is 2.10. The van der Waals surface area contributed by atoms with Crippen LogP contribution in [0.3, 0.4) is 0 Å². The molecule has 0 radical (unpaired) electrons. The molecule has 1 aromatic heterocycles. The fourth-order valence-electron chi connectivity index (χ4n) is 2.03. The third-order valence-corrected chi connectivity index (χ3v) is 3.21. The zero-order valence-corrected chi connectivity index (χ0v) is 12.6. The van der Waals surface area contributed by atoms with Crippen molar-refractivity contribution in [2.24, 2.45) is 0 Å². The lowest BCUT2D eigenvalue weighted by molar-refractivity contribution is 0.00515. The Morgan fingerprint density at radius 2 is 2.20 bits per heavy atom. The molecule has 5 nitrogen and oxygen atoms in total. The van der Waals surface area contributed by atoms with Gasteiger partial charge in [0.15, 0.2) is 0 Å². The Labute approximate surface area is 120 Å². The van der Waals surface area contributed by atoms with E-state index in [0.717, 1.165) is 12.2 Å². The molecule has 110 valence electrons. The maximum Gasteiger partial charge on any atom is 0.410 e. The van der Waals surface area contributed by atoms with Gasteiger partial charge in [0.25, 0.3) is 0 Å². The third kappa shape index (κ3) is 3.93. The summed E-state index contributed by atoms with van der Waals surface area (Å²) in [5, 5.41) is 3.41. The highest BCUT2D eigenvalue weighted by molar-refractivity contribution is 5.69. The summed E-state index contributed by atoms with van der Waals surface area (Å²) in [6, 6.07) is 4.31. The number of ether oxygens (including phenoxy) is 1. The Kier molecular flexibility index (Phi) is 4.28. The summed E-state index contributed by atoms with van der Waals surface area (Å²) in [6.07, 6.45) is 1.57. The minimum atomic E-state index is -0.430. The van der Waals surface area contributed by atoms with Crippen molar-refractivity contribution in [3.63, 3.8) is 0 Å². The van der Waals surface area contributed by atoms with Crippen molar-refractivity contribution in [2.45, 2.75) is 45.9 Å². The smallest absolute Gasteiger partial charge is 0.410 e. The van der Waals surface area contributed by atoms with Crippen molar-refractivity contribution in [2.75, 3.05) is 13.1 Å². The third-order valence-electron chi connectivity index (χ3n) is 3.21. The lowest BCUT2D eigenvalue weighted by Gasteiger charge is -2.40. The van der Waals surface area contributed by atoms with Crippen LogP contribution in [0.5, 0.6) is 0 Å². The van der Waals surface area contributed by atoms with Gasteiger partial charge in [-0.3, -0.25) is 4.98 Å². The molecule has 0 spiro atoms. The molecule has 5 heteroatoms. The highest BCUT2D eigenvalue weighted by atomic mass is 16.6. The molecule has 1 amide bonds. The van der Waals surface area contributed by atoms with Crippen LogP contribution < -0.4 is 5.32 Å². The lowest BCUT2D eigenvalue weighted by Crippen LogP contribution is -2.60. The molecule has 0 aliphatic carbocycles. The van der Waals surface area contributed by atoms with Crippen molar-refractivity contribution >= 4 is 6.09 Å². The van der Waals surface area contributed by atoms with Crippen LogP contribution in [0.15, 0.2) is 18.3 Å². The van der Waals surface area contributed by atoms with E-state index >= 15 is 0 Å². The summed E-state index contributed by atoms with van der Waals surface area (Å²) in [6.45, 7) is 9.82. The normalized spacial score (nSPS) is 15.9. The van der Waals surface area contributed by atoms with Crippen LogP contribution in [0.1, 0.15) is 32.0 Å². The van der Waals surface area contributed by atoms with E-state index in [4.69, 9.17) is 4.74 Å². The first-order valence-corrected chi connectivity index (χ1v) is 6.97. The molecule has 1 N–H and O–H groups in total. The van der Waals surface area contributed by atoms with Crippen LogP contribution in [0.2, 0.25) is 0 Å². The molecule has 0 aromatic carbocycles. The van der Waals surface area contributed by atoms with Gasteiger partial charge in [-0.25, -0.2) is 4.79 Å². The first-order chi connectivity index (χ1) is 9.35. The monoisotopic (exact) mass is 277 g/mol. The molecule has 0 atom stereocenters. The number of amides is 1. The minimum Gasteiger partial charge on any atom is -0.444 e. The van der Waals surface area contributed by atoms with Crippen LogP contribution in [0.25, 0.3) is 0 Å². The predicted molar refractivity (Wildman–Crippen MR) is 77.4 cm³/mol. The Morgan fingerprint density at radius 1 is 1.50 bits per heavy atom. The number of carbonyl (C=O) groups excluding carboxylic acids is 1. The van der Waals surface area contributed by atoms with Crippen LogP contribution >= 0.6 is 0 Å². The summed E-state index contributed by atoms with van der Waals surface area (Å²) >= 11 is 0. The van der Waals surface area contributed by atoms with Crippen LogP contribution in [-0.4, -0.2) is 40.7 Å². The molecular formula is C15H23N3O2. The van der Waals surface area contributed by atoms with Crippen molar-refractivity contribution < 1.29 is 9.53 Å². The number of nitrogens with one attached hydrogen (secondary N) is 1. The highest BCUT2D eigenvalue weighted by Gasteiger charge is 2.33. The number of hydrogen-bond donors (Lipinski definition) is 1. The van der Waals surface area contributed by atoms with Crippen LogP contribution in [0, 0.1) is 6.92 Å². The number of hydrogen-bond acceptors (Lipinski definition) is 4. The molecule has 2 rings (SSSR count). The van der Waals surface area contributed by atoms with E-state index in [2.05, 4.69) is 23.3 Å². The summed E-state index contributed by atoms with van der Waals surface area (Å²) in [4.78, 5) is 17.8. The fraction of sp³-hybridized carbons (Fsp3) is 0.600. The average Bonchev–Trinajstić information content (AvgIpc) is 2.26. The maximum absolute atomic E-state index is 11.8. The van der Waals surface area contributed by atoms with Crippen molar-refractivity contribution in [1.29, 1.82) is 0 Å². The van der Waals surface area contributed by atoms with Gasteiger partial charge in [0.2, 0.25) is 0 Å². The van der Waals surface area contributed by atoms with Gasteiger partial charge in [-0.05, 0) is 39.3 Å². The van der Waals surface area contributed by atoms with Gasteiger partial charge in [-0.1, -0.05) is 6.07 Å². The average molecular weight is 277 g/mol. The number of carbonyl (C=O) groups is 1. The van der Waals surface area contributed by atoms with Crippen molar-refractivity contribution in [3.05, 3.63) is 29.6 Å². The van der Waals surface area contributed by atoms with E-state index in [1.807, 2.05) is 26.8 Å². The van der Waals surface area contributed by atoms with E-state index in [1.54, 1.807) is 11.1 Å². The molecule has 2 heterocycles. The van der Waals surface area contributed by atoms with Crippen molar-refractivity contribution in [3.8, 4) is 0 Å². The van der Waals surface area contributed by atoms with E-state index < -0.39 is 5.60 Å². The van der Waals surface area contributed by atoms with Gasteiger partial charge in [-0.15, -0.1) is 0 Å². The maximum atomic E-state index is 11.8. The summed E-state index contributed by atoms with van der Waals surface area (Å²) < 4.78 is 5.32. The highest BCUT2D eigenvalue weighted by Crippen LogP contribution is 2.15. The van der Waals surface area contributed by atoms with E-state index in [1.165, 1.54) is 5.56 Å². The van der Waals surface area contributed by atoms with Crippen molar-refractivity contribution in [1.82, 2.24) is 15.2 Å². The molecular weight excluding hydrogens is 254 g/mol. The Balaban J connectivity index is 1.72. The number of pyridine rings is 1. The number of nitrogens with zero attached hydrogens (tertiary/aromatic N) is 2. The first-order valence-electron chi connectivity index (χ1n) is 6.97. The van der Waals surface area contributed by atoms with E-state index in [9.17, 15) is 4.79 Å². The summed E-state index contributed by atoms with van der Waals surface area (Å²) in [7, 11) is 0. The fourth-order valence-corrected chi connectivity index (χ4v) is 2.03. The minimum absolute atomic E-state index is 0.232. The SMILES string of the molecule is Cc1cccnc1CNC1CN(C(=O)OC(C)(C)C)C1. The second-order valence-corrected chi connectivity index (χ2v) is 6.23. The number of rotatable bonds is 3. The van der Waals surface area contributed by atoms with Gasteiger partial charge in [0, 0.05) is 31.9 Å². The molecule has 1 fully saturated rings. The lowest BCUT2D eigenvalue weighted by atomic mass is 10.1. The van der Waals surface area contributed by atoms with E-state index in [-0.39, 0.29) is 6.09 Å². The zero-order chi connectivity index (χ0) is 14.8. The molecule has 1 saturated heterocycles. The Hall–Kier alpha value is -1.62. The molecule has 1 aliphatic rings. The quantitative estimate of drug-likeness (QED) is 0.919. The van der Waals surface area contributed by atoms with E-state index in [0.29, 0.717) is 19.1 Å². The Morgan fingerprint density at radius 3 is 2.80 bits per heavy atom. The van der Waals surface area contributed by atoms with Crippen LogP contribution in [-0.2, 0) is 11.3 Å². The summed E-state index contributed by atoms with van der Waals surface area (Å²) in [5.41, 5.74) is 1.81. The Bertz CT molecular complexity index is 476. The van der Waals surface area contributed by atoms with Gasteiger partial charge in [-0.2, -0.15) is 0 Å². The molecule has 0 saturated carbocycles.